The molecule has 2 heterocycles. The van der Waals surface area contributed by atoms with Crippen molar-refractivity contribution >= 4 is 11.4 Å². The highest BCUT2D eigenvalue weighted by Gasteiger charge is 2.18. The molecule has 108 valence electrons. The van der Waals surface area contributed by atoms with E-state index in [1.165, 1.54) is 6.20 Å². The minimum absolute atomic E-state index is 0.0263. The Kier molecular flexibility index (Phi) is 4.04. The first-order chi connectivity index (χ1) is 9.37. The Morgan fingerprint density at radius 1 is 1.45 bits per heavy atom. The number of fused-ring (bicyclic) bond motifs is 1. The van der Waals surface area contributed by atoms with Crippen LogP contribution in [0.2, 0.25) is 0 Å². The van der Waals surface area contributed by atoms with Crippen LogP contribution < -0.4 is 5.32 Å². The van der Waals surface area contributed by atoms with E-state index in [1.807, 2.05) is 0 Å². The quantitative estimate of drug-likeness (QED) is 0.881. The molecule has 1 unspecified atom stereocenters. The Labute approximate surface area is 117 Å². The summed E-state index contributed by atoms with van der Waals surface area (Å²) in [6.45, 7) is 6.38. The molecule has 0 saturated carbocycles. The zero-order valence-corrected chi connectivity index (χ0v) is 12.0. The fourth-order valence-electron chi connectivity index (χ4n) is 2.09. The molecule has 0 aliphatic heterocycles. The Balaban J connectivity index is 1.99. The van der Waals surface area contributed by atoms with Crippen LogP contribution in [0.15, 0.2) is 24.8 Å². The number of carbonyl (C=O) groups excluding carboxylic acids is 1. The van der Waals surface area contributed by atoms with Gasteiger partial charge in [0.1, 0.15) is 0 Å². The Morgan fingerprint density at radius 2 is 2.20 bits per heavy atom. The highest BCUT2D eigenvalue weighted by Crippen LogP contribution is 2.20. The molecule has 6 nitrogen and oxygen atoms in total. The summed E-state index contributed by atoms with van der Waals surface area (Å²) in [7, 11) is 0. The van der Waals surface area contributed by atoms with Crippen LogP contribution in [0.25, 0.3) is 5.52 Å². The summed E-state index contributed by atoms with van der Waals surface area (Å²) in [4.78, 5) is 16.1. The van der Waals surface area contributed by atoms with Crippen molar-refractivity contribution in [1.82, 2.24) is 19.9 Å². The highest BCUT2D eigenvalue weighted by atomic mass is 16.3. The van der Waals surface area contributed by atoms with E-state index in [9.17, 15) is 9.90 Å². The van der Waals surface area contributed by atoms with Gasteiger partial charge in [0.25, 0.3) is 5.91 Å². The van der Waals surface area contributed by atoms with Gasteiger partial charge in [-0.3, -0.25) is 9.78 Å². The van der Waals surface area contributed by atoms with Crippen molar-refractivity contribution in [1.29, 1.82) is 0 Å². The molecule has 0 bridgehead atoms. The summed E-state index contributed by atoms with van der Waals surface area (Å²) in [6.07, 6.45) is 6.45. The summed E-state index contributed by atoms with van der Waals surface area (Å²) in [6, 6.07) is 0. The van der Waals surface area contributed by atoms with Gasteiger partial charge >= 0.3 is 0 Å². The second-order valence-corrected chi connectivity index (χ2v) is 6.09. The summed E-state index contributed by atoms with van der Waals surface area (Å²) in [5, 5.41) is 16.7. The Hall–Kier alpha value is -1.95. The lowest BCUT2D eigenvalue weighted by Gasteiger charge is -2.22. The van der Waals surface area contributed by atoms with Gasteiger partial charge in [-0.1, -0.05) is 20.8 Å². The first-order valence-corrected chi connectivity index (χ1v) is 6.60. The number of hydrogen-bond acceptors (Lipinski definition) is 4. The number of carbonyl (C=O) groups is 1. The van der Waals surface area contributed by atoms with Crippen LogP contribution in [0.4, 0.5) is 0 Å². The lowest BCUT2D eigenvalue weighted by Crippen LogP contribution is -2.34. The van der Waals surface area contributed by atoms with Gasteiger partial charge in [-0.25, -0.2) is 4.52 Å². The van der Waals surface area contributed by atoms with E-state index in [-0.39, 0.29) is 17.9 Å². The molecule has 0 aromatic carbocycles. The van der Waals surface area contributed by atoms with Gasteiger partial charge in [-0.05, 0) is 11.8 Å². The minimum atomic E-state index is -0.557. The van der Waals surface area contributed by atoms with Gasteiger partial charge in [0.05, 0.1) is 29.6 Å². The van der Waals surface area contributed by atoms with Crippen molar-refractivity contribution in [3.8, 4) is 0 Å². The molecule has 20 heavy (non-hydrogen) atoms. The molecule has 6 heteroatoms. The van der Waals surface area contributed by atoms with E-state index in [0.29, 0.717) is 17.5 Å². The maximum absolute atomic E-state index is 12.1. The standard InChI is InChI=1S/C14H20N4O2/c1-14(2,3)6-10(19)7-16-13(20)11-8-17-18-5-4-15-9-12(11)18/h4-5,8-10,19H,6-7H2,1-3H3,(H,16,20). The Bertz CT molecular complexity index is 600. The van der Waals surface area contributed by atoms with Gasteiger partial charge in [0.2, 0.25) is 0 Å². The van der Waals surface area contributed by atoms with Crippen molar-refractivity contribution in [2.24, 2.45) is 5.41 Å². The van der Waals surface area contributed by atoms with Crippen molar-refractivity contribution in [2.45, 2.75) is 33.3 Å². The van der Waals surface area contributed by atoms with Gasteiger partial charge in [-0.2, -0.15) is 5.10 Å². The summed E-state index contributed by atoms with van der Waals surface area (Å²) in [5.41, 5.74) is 1.13. The molecule has 0 fully saturated rings. The fourth-order valence-corrected chi connectivity index (χ4v) is 2.09. The number of amides is 1. The molecule has 1 atom stereocenters. The number of aromatic nitrogens is 3. The van der Waals surface area contributed by atoms with E-state index in [2.05, 4.69) is 36.2 Å². The maximum atomic E-state index is 12.1. The number of hydrogen-bond donors (Lipinski definition) is 2. The lowest BCUT2D eigenvalue weighted by atomic mass is 9.89. The van der Waals surface area contributed by atoms with Crippen LogP contribution in [0, 0.1) is 5.41 Å². The van der Waals surface area contributed by atoms with Crippen LogP contribution in [0.1, 0.15) is 37.6 Å². The summed E-state index contributed by atoms with van der Waals surface area (Å²) in [5.74, 6) is -0.249. The predicted molar refractivity (Wildman–Crippen MR) is 75.4 cm³/mol. The molecule has 2 rings (SSSR count). The van der Waals surface area contributed by atoms with E-state index in [0.717, 1.165) is 0 Å². The van der Waals surface area contributed by atoms with Crippen molar-refractivity contribution in [3.63, 3.8) is 0 Å². The third kappa shape index (κ3) is 3.54. The summed E-state index contributed by atoms with van der Waals surface area (Å²) < 4.78 is 1.59. The van der Waals surface area contributed by atoms with E-state index in [1.54, 1.807) is 23.1 Å². The van der Waals surface area contributed by atoms with Gasteiger partial charge in [0, 0.05) is 18.9 Å². The molecule has 2 N–H and O–H groups in total. The number of nitrogens with zero attached hydrogens (tertiary/aromatic N) is 3. The van der Waals surface area contributed by atoms with Crippen molar-refractivity contribution in [3.05, 3.63) is 30.4 Å². The first kappa shape index (κ1) is 14.5. The maximum Gasteiger partial charge on any atom is 0.255 e. The number of aliphatic hydroxyl groups is 1. The molecule has 0 saturated heterocycles. The normalized spacial score (nSPS) is 13.4. The van der Waals surface area contributed by atoms with Crippen LogP contribution >= 0.6 is 0 Å². The largest absolute Gasteiger partial charge is 0.391 e. The zero-order valence-electron chi connectivity index (χ0n) is 12.0. The average Bonchev–Trinajstić information content (AvgIpc) is 2.78. The van der Waals surface area contributed by atoms with Crippen LogP contribution in [0.5, 0.6) is 0 Å². The van der Waals surface area contributed by atoms with E-state index in [4.69, 9.17) is 0 Å². The second-order valence-electron chi connectivity index (χ2n) is 6.09. The number of rotatable bonds is 4. The zero-order chi connectivity index (χ0) is 14.8. The van der Waals surface area contributed by atoms with E-state index < -0.39 is 6.10 Å². The van der Waals surface area contributed by atoms with Crippen LogP contribution in [-0.2, 0) is 0 Å². The third-order valence-electron chi connectivity index (χ3n) is 2.92. The molecular weight excluding hydrogens is 256 g/mol. The lowest BCUT2D eigenvalue weighted by molar-refractivity contribution is 0.0870. The number of aliphatic hydroxyl groups excluding tert-OH is 1. The topological polar surface area (TPSA) is 79.5 Å². The van der Waals surface area contributed by atoms with Gasteiger partial charge in [-0.15, -0.1) is 0 Å². The van der Waals surface area contributed by atoms with Crippen LogP contribution in [0.3, 0.4) is 0 Å². The number of nitrogens with one attached hydrogen (secondary N) is 1. The van der Waals surface area contributed by atoms with Crippen molar-refractivity contribution in [2.75, 3.05) is 6.54 Å². The van der Waals surface area contributed by atoms with Crippen LogP contribution in [-0.4, -0.2) is 38.3 Å². The molecule has 0 radical (unpaired) electrons. The minimum Gasteiger partial charge on any atom is -0.391 e. The fraction of sp³-hybridized carbons (Fsp3) is 0.500. The molecule has 0 aliphatic rings. The van der Waals surface area contributed by atoms with Gasteiger partial charge < -0.3 is 10.4 Å². The molecule has 2 aromatic rings. The van der Waals surface area contributed by atoms with E-state index >= 15 is 0 Å². The highest BCUT2D eigenvalue weighted by molar-refractivity contribution is 6.00. The SMILES string of the molecule is CC(C)(C)CC(O)CNC(=O)c1cnn2ccncc12. The third-order valence-corrected chi connectivity index (χ3v) is 2.92. The smallest absolute Gasteiger partial charge is 0.255 e. The monoisotopic (exact) mass is 276 g/mol. The molecule has 0 spiro atoms. The molecule has 2 aromatic heterocycles. The first-order valence-electron chi connectivity index (χ1n) is 6.60. The predicted octanol–water partition coefficient (Wildman–Crippen LogP) is 1.26. The van der Waals surface area contributed by atoms with Crippen molar-refractivity contribution < 1.29 is 9.90 Å². The molecule has 0 aliphatic carbocycles. The molecular formula is C14H20N4O2. The second kappa shape index (κ2) is 5.58. The van der Waals surface area contributed by atoms with Gasteiger partial charge in [0.15, 0.2) is 0 Å². The summed E-state index contributed by atoms with van der Waals surface area (Å²) >= 11 is 0. The Morgan fingerprint density at radius 3 is 2.90 bits per heavy atom. The average molecular weight is 276 g/mol. The molecule has 1 amide bonds.